The maximum Gasteiger partial charge on any atom is 0.262 e. The monoisotopic (exact) mass is 333 g/mol. The summed E-state index contributed by atoms with van der Waals surface area (Å²) in [7, 11) is -3.53. The van der Waals surface area contributed by atoms with Gasteiger partial charge in [-0.05, 0) is 18.2 Å². The van der Waals surface area contributed by atoms with Gasteiger partial charge in [0.15, 0.2) is 6.61 Å². The topological polar surface area (TPSA) is 87.7 Å². The molecule has 1 aromatic rings. The van der Waals surface area contributed by atoms with E-state index in [4.69, 9.17) is 4.74 Å². The molecule has 2 N–H and O–H groups in total. The molecule has 1 aromatic carbocycles. The van der Waals surface area contributed by atoms with Crippen molar-refractivity contribution in [2.45, 2.75) is 4.90 Å². The van der Waals surface area contributed by atoms with Crippen molar-refractivity contribution >= 4 is 34.0 Å². The van der Waals surface area contributed by atoms with Gasteiger partial charge in [-0.25, -0.2) is 8.42 Å². The molecule has 1 amide bonds. The fraction of sp³-hybridized carbons (Fsp3) is 0.417. The van der Waals surface area contributed by atoms with Crippen molar-refractivity contribution in [2.75, 3.05) is 38.1 Å². The molecule has 0 bridgehead atoms. The number of carbonyl (C=O) groups is 1. The molecule has 7 nitrogen and oxygen atoms in total. The second-order valence-electron chi connectivity index (χ2n) is 4.65. The molecule has 9 heteroatoms. The van der Waals surface area contributed by atoms with E-state index in [0.717, 1.165) is 0 Å². The summed E-state index contributed by atoms with van der Waals surface area (Å²) in [6, 6.07) is 4.53. The summed E-state index contributed by atoms with van der Waals surface area (Å²) < 4.78 is 31.7. The molecule has 0 aromatic heterocycles. The van der Waals surface area contributed by atoms with Crippen molar-refractivity contribution in [1.29, 1.82) is 0 Å². The molecule has 21 heavy (non-hydrogen) atoms. The van der Waals surface area contributed by atoms with Gasteiger partial charge >= 0.3 is 0 Å². The molecule has 2 heterocycles. The number of hydrogen-bond acceptors (Lipinski definition) is 5. The van der Waals surface area contributed by atoms with Gasteiger partial charge in [0.1, 0.15) is 5.75 Å². The molecule has 0 atom stereocenters. The Morgan fingerprint density at radius 3 is 2.62 bits per heavy atom. The highest BCUT2D eigenvalue weighted by molar-refractivity contribution is 7.89. The number of amides is 1. The van der Waals surface area contributed by atoms with Crippen molar-refractivity contribution in [3.05, 3.63) is 18.2 Å². The minimum atomic E-state index is -3.53. The third kappa shape index (κ3) is 3.13. The summed E-state index contributed by atoms with van der Waals surface area (Å²) in [6.45, 7) is 2.13. The Bertz CT molecular complexity index is 644. The van der Waals surface area contributed by atoms with Gasteiger partial charge < -0.3 is 15.4 Å². The van der Waals surface area contributed by atoms with Crippen LogP contribution in [0.2, 0.25) is 0 Å². The third-order valence-corrected chi connectivity index (χ3v) is 5.19. The lowest BCUT2D eigenvalue weighted by Crippen LogP contribution is -2.46. The van der Waals surface area contributed by atoms with Crippen LogP contribution in [0, 0.1) is 0 Å². The van der Waals surface area contributed by atoms with Crippen LogP contribution >= 0.6 is 12.4 Å². The number of rotatable bonds is 2. The van der Waals surface area contributed by atoms with E-state index < -0.39 is 10.0 Å². The first-order valence-corrected chi connectivity index (χ1v) is 7.79. The van der Waals surface area contributed by atoms with E-state index in [-0.39, 0.29) is 29.8 Å². The average molecular weight is 334 g/mol. The van der Waals surface area contributed by atoms with E-state index >= 15 is 0 Å². The summed E-state index contributed by atoms with van der Waals surface area (Å²) in [5, 5.41) is 5.73. The highest BCUT2D eigenvalue weighted by atomic mass is 35.5. The Morgan fingerprint density at radius 2 is 1.90 bits per heavy atom. The van der Waals surface area contributed by atoms with E-state index in [9.17, 15) is 13.2 Å². The van der Waals surface area contributed by atoms with Crippen LogP contribution in [0.1, 0.15) is 0 Å². The maximum absolute atomic E-state index is 12.5. The molecule has 0 aliphatic carbocycles. The predicted octanol–water partition coefficient (Wildman–Crippen LogP) is 0.0332. The average Bonchev–Trinajstić information content (AvgIpc) is 2.47. The highest BCUT2D eigenvalue weighted by Crippen LogP contribution is 2.31. The zero-order valence-corrected chi connectivity index (χ0v) is 12.8. The molecule has 0 unspecified atom stereocenters. The molecule has 0 spiro atoms. The number of anilines is 1. The molecule has 1 saturated heterocycles. The van der Waals surface area contributed by atoms with Crippen LogP contribution in [0.3, 0.4) is 0 Å². The Kier molecular flexibility index (Phi) is 4.72. The molecular formula is C12H16ClN3O4S. The fourth-order valence-electron chi connectivity index (χ4n) is 2.26. The molecule has 0 radical (unpaired) electrons. The summed E-state index contributed by atoms with van der Waals surface area (Å²) >= 11 is 0. The van der Waals surface area contributed by atoms with Crippen LogP contribution in [0.15, 0.2) is 23.1 Å². The first-order chi connectivity index (χ1) is 9.57. The van der Waals surface area contributed by atoms with Gasteiger partial charge in [-0.2, -0.15) is 4.31 Å². The van der Waals surface area contributed by atoms with Crippen LogP contribution in [-0.2, 0) is 14.8 Å². The molecule has 116 valence electrons. The number of hydrogen-bond donors (Lipinski definition) is 2. The van der Waals surface area contributed by atoms with Crippen LogP contribution in [0.5, 0.6) is 5.75 Å². The summed E-state index contributed by atoms with van der Waals surface area (Å²) in [6.07, 6.45) is 0. The molecule has 2 aliphatic rings. The lowest BCUT2D eigenvalue weighted by atomic mass is 10.2. The summed E-state index contributed by atoms with van der Waals surface area (Å²) in [4.78, 5) is 11.5. The number of fused-ring (bicyclic) bond motifs is 1. The number of halogens is 1. The number of ether oxygens (including phenoxy) is 1. The van der Waals surface area contributed by atoms with E-state index in [1.54, 1.807) is 6.07 Å². The third-order valence-electron chi connectivity index (χ3n) is 3.30. The van der Waals surface area contributed by atoms with E-state index in [0.29, 0.717) is 37.6 Å². The molecule has 0 saturated carbocycles. The smallest absolute Gasteiger partial charge is 0.262 e. The van der Waals surface area contributed by atoms with Crippen LogP contribution in [0.4, 0.5) is 5.69 Å². The van der Waals surface area contributed by atoms with Gasteiger partial charge in [-0.1, -0.05) is 0 Å². The molecule has 2 aliphatic heterocycles. The minimum absolute atomic E-state index is 0. The first-order valence-electron chi connectivity index (χ1n) is 6.35. The van der Waals surface area contributed by atoms with Crippen LogP contribution in [0.25, 0.3) is 0 Å². The Balaban J connectivity index is 0.00000161. The van der Waals surface area contributed by atoms with Crippen molar-refractivity contribution in [2.24, 2.45) is 0 Å². The van der Waals surface area contributed by atoms with E-state index in [1.807, 2.05) is 0 Å². The van der Waals surface area contributed by atoms with Gasteiger partial charge in [0, 0.05) is 26.2 Å². The zero-order valence-electron chi connectivity index (χ0n) is 11.2. The van der Waals surface area contributed by atoms with Crippen molar-refractivity contribution in [3.63, 3.8) is 0 Å². The second kappa shape index (κ2) is 6.18. The molecule has 3 rings (SSSR count). The largest absolute Gasteiger partial charge is 0.482 e. The van der Waals surface area contributed by atoms with Gasteiger partial charge in [0.2, 0.25) is 10.0 Å². The van der Waals surface area contributed by atoms with Crippen LogP contribution in [-0.4, -0.2) is 51.4 Å². The predicted molar refractivity (Wildman–Crippen MR) is 79.4 cm³/mol. The molecular weight excluding hydrogens is 318 g/mol. The SMILES string of the molecule is Cl.O=C1COc2ccc(S(=O)(=O)N3CCNCC3)cc2N1. The van der Waals surface area contributed by atoms with Crippen molar-refractivity contribution in [1.82, 2.24) is 9.62 Å². The normalized spacial score (nSPS) is 19.0. The number of carbonyl (C=O) groups excluding carboxylic acids is 1. The first kappa shape index (κ1) is 16.0. The van der Waals surface area contributed by atoms with E-state index in [1.165, 1.54) is 16.4 Å². The zero-order chi connectivity index (χ0) is 14.2. The number of piperazine rings is 1. The standard InChI is InChI=1S/C12H15N3O4S.ClH/c16-12-8-19-11-2-1-9(7-10(11)14-12)20(17,18)15-5-3-13-4-6-15;/h1-2,7,13H,3-6,8H2,(H,14,16);1H. The molecule has 1 fully saturated rings. The van der Waals surface area contributed by atoms with E-state index in [2.05, 4.69) is 10.6 Å². The summed E-state index contributed by atoms with van der Waals surface area (Å²) in [5.41, 5.74) is 0.400. The van der Waals surface area contributed by atoms with Gasteiger partial charge in [-0.15, -0.1) is 12.4 Å². The second-order valence-corrected chi connectivity index (χ2v) is 6.59. The highest BCUT2D eigenvalue weighted by Gasteiger charge is 2.27. The van der Waals surface area contributed by atoms with Gasteiger partial charge in [-0.3, -0.25) is 4.79 Å². The lowest BCUT2D eigenvalue weighted by Gasteiger charge is -2.27. The quantitative estimate of drug-likeness (QED) is 0.797. The Morgan fingerprint density at radius 1 is 1.19 bits per heavy atom. The number of benzene rings is 1. The Hall–Kier alpha value is -1.35. The van der Waals surface area contributed by atoms with Crippen molar-refractivity contribution in [3.8, 4) is 5.75 Å². The van der Waals surface area contributed by atoms with Crippen LogP contribution < -0.4 is 15.4 Å². The maximum atomic E-state index is 12.5. The van der Waals surface area contributed by atoms with Gasteiger partial charge in [0.25, 0.3) is 5.91 Å². The Labute approximate surface area is 129 Å². The van der Waals surface area contributed by atoms with Gasteiger partial charge in [0.05, 0.1) is 10.6 Å². The summed E-state index contributed by atoms with van der Waals surface area (Å²) in [5.74, 6) is 0.207. The van der Waals surface area contributed by atoms with Crippen molar-refractivity contribution < 1.29 is 17.9 Å². The number of nitrogens with one attached hydrogen (secondary N) is 2. The lowest BCUT2D eigenvalue weighted by molar-refractivity contribution is -0.118. The number of nitrogens with zero attached hydrogens (tertiary/aromatic N) is 1. The number of sulfonamides is 1. The fourth-order valence-corrected chi connectivity index (χ4v) is 3.72. The minimum Gasteiger partial charge on any atom is -0.482 e.